The van der Waals surface area contributed by atoms with E-state index in [1.165, 1.54) is 17.7 Å². The highest BCUT2D eigenvalue weighted by Crippen LogP contribution is 2.53. The van der Waals surface area contributed by atoms with Gasteiger partial charge in [-0.15, -0.1) is 11.3 Å². The maximum Gasteiger partial charge on any atom is 0.0570 e. The molecule has 0 radical (unpaired) electrons. The van der Waals surface area contributed by atoms with E-state index >= 15 is 0 Å². The number of nitrogens with two attached hydrogens (primary N) is 1. The summed E-state index contributed by atoms with van der Waals surface area (Å²) in [6, 6.07) is 1.95. The first-order chi connectivity index (χ1) is 6.47. The van der Waals surface area contributed by atoms with E-state index < -0.39 is 0 Å². The van der Waals surface area contributed by atoms with Crippen LogP contribution in [0.2, 0.25) is 5.02 Å². The molecule has 3 heteroatoms. The fourth-order valence-electron chi connectivity index (χ4n) is 2.40. The van der Waals surface area contributed by atoms with Crippen LogP contribution in [0.15, 0.2) is 11.4 Å². The standard InChI is InChI=1S/C11H16ClNS/c1-10(2)5-3-6-11(10,13)9-8(12)4-7-14-9/h4,7H,3,5-6,13H2,1-2H3. The third kappa shape index (κ3) is 1.32. The minimum absolute atomic E-state index is 0.168. The van der Waals surface area contributed by atoms with Crippen LogP contribution >= 0.6 is 22.9 Å². The Morgan fingerprint density at radius 3 is 2.57 bits per heavy atom. The summed E-state index contributed by atoms with van der Waals surface area (Å²) >= 11 is 7.86. The lowest BCUT2D eigenvalue weighted by atomic mass is 9.75. The van der Waals surface area contributed by atoms with Gasteiger partial charge in [0.1, 0.15) is 0 Å². The van der Waals surface area contributed by atoms with E-state index in [0.29, 0.717) is 0 Å². The predicted molar refractivity (Wildman–Crippen MR) is 62.8 cm³/mol. The van der Waals surface area contributed by atoms with Gasteiger partial charge < -0.3 is 5.73 Å². The van der Waals surface area contributed by atoms with Crippen molar-refractivity contribution < 1.29 is 0 Å². The summed E-state index contributed by atoms with van der Waals surface area (Å²) in [6.45, 7) is 4.49. The summed E-state index contributed by atoms with van der Waals surface area (Å²) < 4.78 is 0. The van der Waals surface area contributed by atoms with Crippen molar-refractivity contribution in [3.05, 3.63) is 21.3 Å². The van der Waals surface area contributed by atoms with Gasteiger partial charge >= 0.3 is 0 Å². The second-order valence-electron chi connectivity index (χ2n) is 4.81. The van der Waals surface area contributed by atoms with Gasteiger partial charge in [-0.2, -0.15) is 0 Å². The van der Waals surface area contributed by atoms with Gasteiger partial charge in [0.05, 0.1) is 10.6 Å². The van der Waals surface area contributed by atoms with Crippen molar-refractivity contribution in [3.8, 4) is 0 Å². The summed E-state index contributed by atoms with van der Waals surface area (Å²) in [5.41, 5.74) is 6.49. The molecular weight excluding hydrogens is 214 g/mol. The number of halogens is 1. The molecule has 1 fully saturated rings. The van der Waals surface area contributed by atoms with Crippen molar-refractivity contribution in [2.75, 3.05) is 0 Å². The second-order valence-corrected chi connectivity index (χ2v) is 6.13. The van der Waals surface area contributed by atoms with E-state index in [1.807, 2.05) is 11.4 Å². The van der Waals surface area contributed by atoms with E-state index in [2.05, 4.69) is 13.8 Å². The Morgan fingerprint density at radius 2 is 2.14 bits per heavy atom. The molecule has 2 N–H and O–H groups in total. The molecule has 1 unspecified atom stereocenters. The van der Waals surface area contributed by atoms with Gasteiger partial charge in [-0.05, 0) is 29.7 Å². The fraction of sp³-hybridized carbons (Fsp3) is 0.636. The maximum absolute atomic E-state index is 6.53. The Hall–Kier alpha value is -0.0500. The highest BCUT2D eigenvalue weighted by Gasteiger charge is 2.48. The van der Waals surface area contributed by atoms with Crippen LogP contribution in [0.1, 0.15) is 38.0 Å². The average molecular weight is 230 g/mol. The number of rotatable bonds is 1. The maximum atomic E-state index is 6.53. The molecule has 2 rings (SSSR count). The zero-order valence-electron chi connectivity index (χ0n) is 8.64. The molecule has 1 aliphatic carbocycles. The van der Waals surface area contributed by atoms with Crippen LogP contribution in [-0.2, 0) is 5.54 Å². The molecule has 1 heterocycles. The molecule has 0 aromatic carbocycles. The molecule has 1 atom stereocenters. The molecule has 0 bridgehead atoms. The fourth-order valence-corrected chi connectivity index (χ4v) is 3.95. The van der Waals surface area contributed by atoms with Crippen LogP contribution in [0.5, 0.6) is 0 Å². The van der Waals surface area contributed by atoms with E-state index in [-0.39, 0.29) is 11.0 Å². The molecule has 14 heavy (non-hydrogen) atoms. The molecule has 0 spiro atoms. The SMILES string of the molecule is CC1(C)CCCC1(N)c1sccc1Cl. The number of thiophene rings is 1. The zero-order valence-corrected chi connectivity index (χ0v) is 10.2. The van der Waals surface area contributed by atoms with E-state index in [9.17, 15) is 0 Å². The molecule has 1 saturated carbocycles. The summed E-state index contributed by atoms with van der Waals surface area (Å²) in [5.74, 6) is 0. The third-order valence-corrected chi connectivity index (χ3v) is 5.12. The van der Waals surface area contributed by atoms with E-state index in [0.717, 1.165) is 11.4 Å². The first-order valence-corrected chi connectivity index (χ1v) is 6.25. The summed E-state index contributed by atoms with van der Waals surface area (Å²) in [7, 11) is 0. The first kappa shape index (κ1) is 10.5. The molecule has 1 aliphatic rings. The Kier molecular flexibility index (Phi) is 2.41. The quantitative estimate of drug-likeness (QED) is 0.780. The highest BCUT2D eigenvalue weighted by atomic mass is 35.5. The Bertz CT molecular complexity index is 345. The van der Waals surface area contributed by atoms with Crippen molar-refractivity contribution >= 4 is 22.9 Å². The number of hydrogen-bond donors (Lipinski definition) is 1. The van der Waals surface area contributed by atoms with Crippen LogP contribution in [0, 0.1) is 5.41 Å². The lowest BCUT2D eigenvalue weighted by molar-refractivity contribution is 0.215. The summed E-state index contributed by atoms with van der Waals surface area (Å²) in [6.07, 6.45) is 3.45. The smallest absolute Gasteiger partial charge is 0.0570 e. The highest BCUT2D eigenvalue weighted by molar-refractivity contribution is 7.10. The Balaban J connectivity index is 2.47. The third-order valence-electron chi connectivity index (χ3n) is 3.60. The minimum Gasteiger partial charge on any atom is -0.320 e. The van der Waals surface area contributed by atoms with E-state index in [4.69, 9.17) is 17.3 Å². The normalized spacial score (nSPS) is 30.9. The van der Waals surface area contributed by atoms with Gasteiger partial charge in [0.2, 0.25) is 0 Å². The second kappa shape index (κ2) is 3.22. The van der Waals surface area contributed by atoms with Gasteiger partial charge in [0.25, 0.3) is 0 Å². The van der Waals surface area contributed by atoms with Crippen LogP contribution < -0.4 is 5.73 Å². The van der Waals surface area contributed by atoms with Crippen molar-refractivity contribution in [1.29, 1.82) is 0 Å². The molecule has 78 valence electrons. The monoisotopic (exact) mass is 229 g/mol. The zero-order chi connectivity index (χ0) is 10.4. The largest absolute Gasteiger partial charge is 0.320 e. The van der Waals surface area contributed by atoms with Gasteiger partial charge in [0, 0.05) is 4.88 Å². The molecule has 1 aromatic heterocycles. The van der Waals surface area contributed by atoms with Crippen molar-refractivity contribution in [3.63, 3.8) is 0 Å². The predicted octanol–water partition coefficient (Wildman–Crippen LogP) is 3.77. The van der Waals surface area contributed by atoms with Crippen molar-refractivity contribution in [2.45, 2.75) is 38.6 Å². The molecule has 0 amide bonds. The van der Waals surface area contributed by atoms with Gasteiger partial charge in [-0.25, -0.2) is 0 Å². The molecule has 1 aromatic rings. The summed E-state index contributed by atoms with van der Waals surface area (Å²) in [5, 5.41) is 2.87. The van der Waals surface area contributed by atoms with Crippen LogP contribution in [0.4, 0.5) is 0 Å². The number of hydrogen-bond acceptors (Lipinski definition) is 2. The molecule has 1 nitrogen and oxygen atoms in total. The minimum atomic E-state index is -0.210. The molecular formula is C11H16ClNS. The lowest BCUT2D eigenvalue weighted by Gasteiger charge is -2.37. The Morgan fingerprint density at radius 1 is 1.43 bits per heavy atom. The van der Waals surface area contributed by atoms with Gasteiger partial charge in [-0.3, -0.25) is 0 Å². The molecule has 0 saturated heterocycles. The van der Waals surface area contributed by atoms with Gasteiger partial charge in [-0.1, -0.05) is 31.9 Å². The van der Waals surface area contributed by atoms with Crippen LogP contribution in [0.3, 0.4) is 0 Å². The lowest BCUT2D eigenvalue weighted by Crippen LogP contribution is -2.45. The topological polar surface area (TPSA) is 26.0 Å². The van der Waals surface area contributed by atoms with Crippen molar-refractivity contribution in [2.24, 2.45) is 11.1 Å². The van der Waals surface area contributed by atoms with Crippen LogP contribution in [0.25, 0.3) is 0 Å². The van der Waals surface area contributed by atoms with Gasteiger partial charge in [0.15, 0.2) is 0 Å². The molecule has 0 aliphatic heterocycles. The van der Waals surface area contributed by atoms with Crippen LogP contribution in [-0.4, -0.2) is 0 Å². The average Bonchev–Trinajstić information content (AvgIpc) is 2.59. The first-order valence-electron chi connectivity index (χ1n) is 5.00. The van der Waals surface area contributed by atoms with Crippen molar-refractivity contribution in [1.82, 2.24) is 0 Å². The summed E-state index contributed by atoms with van der Waals surface area (Å²) in [4.78, 5) is 1.17. The van der Waals surface area contributed by atoms with E-state index in [1.54, 1.807) is 11.3 Å². The Labute approximate surface area is 94.3 Å².